The second-order valence-corrected chi connectivity index (χ2v) is 1.09. The molecule has 6 N–H and O–H groups in total. The van der Waals surface area contributed by atoms with E-state index in [0.29, 0.717) is 0 Å². The van der Waals surface area contributed by atoms with Gasteiger partial charge in [-0.3, -0.25) is 9.59 Å². The van der Waals surface area contributed by atoms with Gasteiger partial charge in [0.25, 0.3) is 0 Å². The van der Waals surface area contributed by atoms with Crippen LogP contribution in [0.2, 0.25) is 0 Å². The first-order chi connectivity index (χ1) is 3.13. The zero-order valence-corrected chi connectivity index (χ0v) is 8.72. The Hall–Kier alpha value is 0.0200. The molecule has 0 aromatic heterocycles. The Bertz CT molecular complexity index is 95.7. The van der Waals surface area contributed by atoms with Crippen molar-refractivity contribution in [3.63, 3.8) is 0 Å². The van der Waals surface area contributed by atoms with Crippen molar-refractivity contribution in [2.75, 3.05) is 0 Å². The summed E-state index contributed by atoms with van der Waals surface area (Å²) in [7, 11) is 0. The number of hydrogen-bond donors (Lipinski definition) is 0. The third-order valence-corrected chi connectivity index (χ3v) is 0.287. The molecule has 0 aromatic rings. The SMILES string of the molecule is CC(=O)OC(C)=O.O.O.O.[H-].[Na+]. The summed E-state index contributed by atoms with van der Waals surface area (Å²) < 4.78 is 3.97. The summed E-state index contributed by atoms with van der Waals surface area (Å²) in [6.07, 6.45) is 0. The van der Waals surface area contributed by atoms with Crippen molar-refractivity contribution < 1.29 is 61.7 Å². The van der Waals surface area contributed by atoms with Gasteiger partial charge in [-0.15, -0.1) is 0 Å². The van der Waals surface area contributed by atoms with Crippen molar-refractivity contribution in [1.82, 2.24) is 0 Å². The first-order valence-electron chi connectivity index (χ1n) is 1.82. The molecule has 0 aliphatic heterocycles. The Morgan fingerprint density at radius 3 is 1.18 bits per heavy atom. The standard InChI is InChI=1S/C4H6O3.Na.3H2O.H/c1-3(5)7-4(2)6;;;;;/h1-2H3;;3*1H2;/q;+1;;;;-1. The minimum Gasteiger partial charge on any atom is -1.00 e. The molecule has 0 unspecified atom stereocenters. The van der Waals surface area contributed by atoms with Crippen molar-refractivity contribution >= 4 is 11.9 Å². The van der Waals surface area contributed by atoms with Crippen LogP contribution in [0.4, 0.5) is 0 Å². The zero-order valence-electron chi connectivity index (χ0n) is 7.72. The molecule has 6 nitrogen and oxygen atoms in total. The van der Waals surface area contributed by atoms with Crippen molar-refractivity contribution in [2.24, 2.45) is 0 Å². The maximum atomic E-state index is 9.81. The van der Waals surface area contributed by atoms with Gasteiger partial charge in [0.2, 0.25) is 0 Å². The molecule has 7 heteroatoms. The quantitative estimate of drug-likeness (QED) is 0.209. The van der Waals surface area contributed by atoms with Crippen LogP contribution in [0.3, 0.4) is 0 Å². The predicted molar refractivity (Wildman–Crippen MR) is 34.4 cm³/mol. The van der Waals surface area contributed by atoms with Gasteiger partial charge in [0.05, 0.1) is 0 Å². The van der Waals surface area contributed by atoms with Gasteiger partial charge in [-0.25, -0.2) is 0 Å². The number of rotatable bonds is 0. The molecule has 0 fully saturated rings. The molecular formula is C4H13NaO6. The molecule has 0 spiro atoms. The molecule has 0 rings (SSSR count). The average Bonchev–Trinajstić information content (AvgIpc) is 1.27. The van der Waals surface area contributed by atoms with E-state index in [0.717, 1.165) is 0 Å². The second kappa shape index (κ2) is 16.5. The maximum absolute atomic E-state index is 9.81. The summed E-state index contributed by atoms with van der Waals surface area (Å²) in [4.78, 5) is 19.6. The Labute approximate surface area is 87.6 Å². The molecule has 0 aliphatic carbocycles. The number of hydrogen-bond acceptors (Lipinski definition) is 3. The Morgan fingerprint density at radius 1 is 1.00 bits per heavy atom. The van der Waals surface area contributed by atoms with Crippen LogP contribution in [0.1, 0.15) is 15.3 Å². The topological polar surface area (TPSA) is 138 Å². The van der Waals surface area contributed by atoms with E-state index in [-0.39, 0.29) is 47.4 Å². The molecule has 0 saturated heterocycles. The predicted octanol–water partition coefficient (Wildman–Crippen LogP) is -5.26. The van der Waals surface area contributed by atoms with Crippen LogP contribution >= 0.6 is 0 Å². The summed E-state index contributed by atoms with van der Waals surface area (Å²) >= 11 is 0. The number of carbonyl (C=O) groups is 2. The third-order valence-electron chi connectivity index (χ3n) is 0.287. The molecule has 0 bridgehead atoms. The number of esters is 2. The minimum atomic E-state index is -0.562. The summed E-state index contributed by atoms with van der Waals surface area (Å²) in [6.45, 7) is 2.36. The van der Waals surface area contributed by atoms with Gasteiger partial charge < -0.3 is 22.6 Å². The van der Waals surface area contributed by atoms with Gasteiger partial charge in [0.15, 0.2) is 0 Å². The van der Waals surface area contributed by atoms with E-state index in [4.69, 9.17) is 0 Å². The fourth-order valence-corrected chi connectivity index (χ4v) is 0.202. The summed E-state index contributed by atoms with van der Waals surface area (Å²) in [5.74, 6) is -1.12. The second-order valence-electron chi connectivity index (χ2n) is 1.09. The fraction of sp³-hybridized carbons (Fsp3) is 0.500. The first kappa shape index (κ1) is 30.5. The van der Waals surface area contributed by atoms with E-state index >= 15 is 0 Å². The fourth-order valence-electron chi connectivity index (χ4n) is 0.202. The molecule has 0 aliphatic rings. The largest absolute Gasteiger partial charge is 1.00 e. The van der Waals surface area contributed by atoms with Gasteiger partial charge in [-0.1, -0.05) is 0 Å². The van der Waals surface area contributed by atoms with Gasteiger partial charge in [0.1, 0.15) is 0 Å². The van der Waals surface area contributed by atoms with Crippen LogP contribution in [-0.4, -0.2) is 28.4 Å². The molecule has 11 heavy (non-hydrogen) atoms. The molecule has 0 amide bonds. The molecular weight excluding hydrogens is 167 g/mol. The summed E-state index contributed by atoms with van der Waals surface area (Å²) in [6, 6.07) is 0. The van der Waals surface area contributed by atoms with Crippen molar-refractivity contribution in [3.8, 4) is 0 Å². The minimum absolute atomic E-state index is 0. The van der Waals surface area contributed by atoms with E-state index in [1.54, 1.807) is 0 Å². The molecule has 0 atom stereocenters. The van der Waals surface area contributed by atoms with Crippen molar-refractivity contribution in [3.05, 3.63) is 0 Å². The monoisotopic (exact) mass is 180 g/mol. The van der Waals surface area contributed by atoms with Crippen molar-refractivity contribution in [1.29, 1.82) is 0 Å². The normalized spacial score (nSPS) is 4.91. The van der Waals surface area contributed by atoms with Crippen LogP contribution in [0, 0.1) is 0 Å². The molecule has 0 saturated carbocycles. The zero-order chi connectivity index (χ0) is 5.86. The Balaban J connectivity index is -0.0000000180. The van der Waals surface area contributed by atoms with Crippen LogP contribution in [0.15, 0.2) is 0 Å². The molecule has 0 heterocycles. The van der Waals surface area contributed by atoms with Crippen molar-refractivity contribution in [2.45, 2.75) is 13.8 Å². The van der Waals surface area contributed by atoms with Crippen LogP contribution in [0.5, 0.6) is 0 Å². The Morgan fingerprint density at radius 2 is 1.18 bits per heavy atom. The van der Waals surface area contributed by atoms with Crippen LogP contribution in [-0.2, 0) is 14.3 Å². The van der Waals surface area contributed by atoms with Gasteiger partial charge >= 0.3 is 41.5 Å². The van der Waals surface area contributed by atoms with E-state index in [2.05, 4.69) is 4.74 Å². The summed E-state index contributed by atoms with van der Waals surface area (Å²) in [5, 5.41) is 0. The summed E-state index contributed by atoms with van der Waals surface area (Å²) in [5.41, 5.74) is 0. The van der Waals surface area contributed by atoms with E-state index in [1.807, 2.05) is 0 Å². The van der Waals surface area contributed by atoms with E-state index < -0.39 is 11.9 Å². The smallest absolute Gasteiger partial charge is 1.00 e. The van der Waals surface area contributed by atoms with Crippen LogP contribution in [0.25, 0.3) is 0 Å². The Kier molecular flexibility index (Phi) is 45.9. The van der Waals surface area contributed by atoms with E-state index in [1.165, 1.54) is 13.8 Å². The number of ether oxygens (including phenoxy) is 1. The van der Waals surface area contributed by atoms with Gasteiger partial charge in [-0.2, -0.15) is 0 Å². The van der Waals surface area contributed by atoms with E-state index in [9.17, 15) is 9.59 Å². The first-order valence-corrected chi connectivity index (χ1v) is 1.82. The molecule has 0 radical (unpaired) electrons. The van der Waals surface area contributed by atoms with Gasteiger partial charge in [0, 0.05) is 13.8 Å². The molecule has 0 aromatic carbocycles. The maximum Gasteiger partial charge on any atom is 1.00 e. The van der Waals surface area contributed by atoms with Gasteiger partial charge in [-0.05, 0) is 0 Å². The third kappa shape index (κ3) is 39.9. The van der Waals surface area contributed by atoms with Crippen LogP contribution < -0.4 is 29.6 Å². The number of carbonyl (C=O) groups excluding carboxylic acids is 2. The molecule has 66 valence electrons. The average molecular weight is 180 g/mol.